The number of carbonyl (C=O) groups is 2. The number of hydrogen-bond acceptors (Lipinski definition) is 5. The van der Waals surface area contributed by atoms with E-state index in [1.165, 1.54) is 19.1 Å². The Hall–Kier alpha value is -2.18. The van der Waals surface area contributed by atoms with Crippen LogP contribution >= 0.6 is 15.9 Å². The molecule has 2 aromatic carbocycles. The summed E-state index contributed by atoms with van der Waals surface area (Å²) in [6.45, 7) is 1.62. The average molecular weight is 378 g/mol. The molecule has 120 valence electrons. The van der Waals surface area contributed by atoms with Gasteiger partial charge < -0.3 is 15.2 Å². The Morgan fingerprint density at radius 3 is 2.48 bits per heavy atom. The maximum Gasteiger partial charge on any atom is 0.347 e. The monoisotopic (exact) mass is 377 g/mol. The minimum Gasteiger partial charge on any atom is -0.426 e. The summed E-state index contributed by atoms with van der Waals surface area (Å²) in [5, 5.41) is 0.670. The number of ether oxygens (including phenoxy) is 2. The predicted molar refractivity (Wildman–Crippen MR) is 89.7 cm³/mol. The average Bonchev–Trinajstić information content (AvgIpc) is 2.54. The molecule has 0 aliphatic carbocycles. The fraction of sp³-hybridized carbons (Fsp3) is 0.176. The number of hydrogen-bond donors (Lipinski definition) is 1. The van der Waals surface area contributed by atoms with Crippen molar-refractivity contribution in [3.63, 3.8) is 0 Å². The third-order valence-electron chi connectivity index (χ3n) is 3.11. The Labute approximate surface area is 142 Å². The van der Waals surface area contributed by atoms with Gasteiger partial charge in [-0.15, -0.1) is 0 Å². The van der Waals surface area contributed by atoms with Crippen LogP contribution < -0.4 is 15.2 Å². The quantitative estimate of drug-likeness (QED) is 0.491. The third-order valence-corrected chi connectivity index (χ3v) is 3.72. The van der Waals surface area contributed by atoms with Crippen LogP contribution in [0.4, 0.5) is 0 Å². The molecular formula is C17H16BrNO4. The van der Waals surface area contributed by atoms with Gasteiger partial charge in [0.2, 0.25) is 0 Å². The van der Waals surface area contributed by atoms with E-state index in [9.17, 15) is 9.59 Å². The summed E-state index contributed by atoms with van der Waals surface area (Å²) in [5.74, 6) is -0.548. The zero-order valence-corrected chi connectivity index (χ0v) is 14.1. The normalized spacial score (nSPS) is 10.2. The van der Waals surface area contributed by atoms with Crippen LogP contribution in [0.3, 0.4) is 0 Å². The number of rotatable bonds is 5. The highest BCUT2D eigenvalue weighted by Crippen LogP contribution is 2.23. The molecule has 0 amide bonds. The summed E-state index contributed by atoms with van der Waals surface area (Å²) in [6.07, 6.45) is 0. The molecule has 6 heteroatoms. The Kier molecular flexibility index (Phi) is 5.90. The van der Waals surface area contributed by atoms with Gasteiger partial charge in [0.1, 0.15) is 17.1 Å². The van der Waals surface area contributed by atoms with E-state index in [0.717, 1.165) is 11.1 Å². The van der Waals surface area contributed by atoms with Gasteiger partial charge in [0.05, 0.1) is 0 Å². The molecule has 0 saturated carbocycles. The third kappa shape index (κ3) is 4.40. The molecule has 0 spiro atoms. The number of alkyl halides is 1. The summed E-state index contributed by atoms with van der Waals surface area (Å²) >= 11 is 3.38. The highest BCUT2D eigenvalue weighted by molar-refractivity contribution is 9.08. The van der Waals surface area contributed by atoms with Gasteiger partial charge >= 0.3 is 11.9 Å². The van der Waals surface area contributed by atoms with E-state index in [1.807, 2.05) is 6.07 Å². The van der Waals surface area contributed by atoms with Crippen LogP contribution in [0, 0.1) is 0 Å². The fourth-order valence-electron chi connectivity index (χ4n) is 2.03. The predicted octanol–water partition coefficient (Wildman–Crippen LogP) is 3.18. The molecule has 0 aliphatic heterocycles. The molecule has 2 aromatic rings. The number of carbonyl (C=O) groups excluding carboxylic acids is 2. The van der Waals surface area contributed by atoms with E-state index in [-0.39, 0.29) is 11.3 Å². The molecule has 0 radical (unpaired) electrons. The smallest absolute Gasteiger partial charge is 0.347 e. The van der Waals surface area contributed by atoms with Gasteiger partial charge in [-0.3, -0.25) is 4.79 Å². The lowest BCUT2D eigenvalue weighted by Crippen LogP contribution is -2.13. The van der Waals surface area contributed by atoms with Crippen molar-refractivity contribution in [2.45, 2.75) is 18.8 Å². The van der Waals surface area contributed by atoms with Gasteiger partial charge in [0.15, 0.2) is 0 Å². The molecule has 5 nitrogen and oxygen atoms in total. The molecule has 0 saturated heterocycles. The van der Waals surface area contributed by atoms with Gasteiger partial charge in [-0.1, -0.05) is 34.1 Å². The Bertz CT molecular complexity index is 730. The van der Waals surface area contributed by atoms with Crippen molar-refractivity contribution < 1.29 is 19.1 Å². The maximum atomic E-state index is 12.3. The summed E-state index contributed by atoms with van der Waals surface area (Å²) in [5.41, 5.74) is 7.80. The van der Waals surface area contributed by atoms with Crippen LogP contribution in [0.25, 0.3) is 0 Å². The first-order chi connectivity index (χ1) is 11.0. The van der Waals surface area contributed by atoms with Crippen LogP contribution in [0.5, 0.6) is 11.5 Å². The molecule has 0 heterocycles. The van der Waals surface area contributed by atoms with Crippen molar-refractivity contribution >= 4 is 27.9 Å². The first-order valence-corrected chi connectivity index (χ1v) is 8.04. The van der Waals surface area contributed by atoms with E-state index < -0.39 is 11.9 Å². The SMILES string of the molecule is CC(=O)Oc1ccccc1C(=O)Oc1ccc(CBr)c(CN)c1. The molecule has 0 fully saturated rings. The first-order valence-electron chi connectivity index (χ1n) is 6.92. The highest BCUT2D eigenvalue weighted by atomic mass is 79.9. The lowest BCUT2D eigenvalue weighted by atomic mass is 10.1. The molecule has 23 heavy (non-hydrogen) atoms. The second-order valence-corrected chi connectivity index (χ2v) is 5.31. The van der Waals surface area contributed by atoms with Crippen LogP contribution in [0.2, 0.25) is 0 Å². The Balaban J connectivity index is 2.24. The van der Waals surface area contributed by atoms with Crippen LogP contribution in [0.15, 0.2) is 42.5 Å². The Morgan fingerprint density at radius 2 is 1.83 bits per heavy atom. The van der Waals surface area contributed by atoms with Gasteiger partial charge in [-0.25, -0.2) is 4.79 Å². The minimum atomic E-state index is -0.601. The minimum absolute atomic E-state index is 0.168. The van der Waals surface area contributed by atoms with Crippen molar-refractivity contribution in [3.05, 3.63) is 59.2 Å². The zero-order valence-electron chi connectivity index (χ0n) is 12.5. The highest BCUT2D eigenvalue weighted by Gasteiger charge is 2.16. The van der Waals surface area contributed by atoms with E-state index in [4.69, 9.17) is 15.2 Å². The molecule has 2 rings (SSSR count). The van der Waals surface area contributed by atoms with Crippen LogP contribution in [-0.2, 0) is 16.7 Å². The van der Waals surface area contributed by atoms with Crippen LogP contribution in [-0.4, -0.2) is 11.9 Å². The molecule has 0 aliphatic rings. The van der Waals surface area contributed by atoms with Gasteiger partial charge in [-0.05, 0) is 35.4 Å². The van der Waals surface area contributed by atoms with Crippen molar-refractivity contribution in [3.8, 4) is 11.5 Å². The van der Waals surface area contributed by atoms with E-state index in [1.54, 1.807) is 24.3 Å². The topological polar surface area (TPSA) is 78.6 Å². The lowest BCUT2D eigenvalue weighted by Gasteiger charge is -2.11. The largest absolute Gasteiger partial charge is 0.426 e. The summed E-state index contributed by atoms with van der Waals surface area (Å²) < 4.78 is 10.4. The molecule has 0 aromatic heterocycles. The number of esters is 2. The van der Waals surface area contributed by atoms with Crippen molar-refractivity contribution in [1.29, 1.82) is 0 Å². The second kappa shape index (κ2) is 7.89. The van der Waals surface area contributed by atoms with Crippen LogP contribution in [0.1, 0.15) is 28.4 Å². The lowest BCUT2D eigenvalue weighted by molar-refractivity contribution is -0.131. The second-order valence-electron chi connectivity index (χ2n) is 4.75. The molecule has 0 bridgehead atoms. The van der Waals surface area contributed by atoms with Gasteiger partial charge in [0, 0.05) is 18.8 Å². The number of halogens is 1. The summed E-state index contributed by atoms with van der Waals surface area (Å²) in [6, 6.07) is 11.7. The summed E-state index contributed by atoms with van der Waals surface area (Å²) in [7, 11) is 0. The Morgan fingerprint density at radius 1 is 1.09 bits per heavy atom. The number of para-hydroxylation sites is 1. The van der Waals surface area contributed by atoms with E-state index in [2.05, 4.69) is 15.9 Å². The summed E-state index contributed by atoms with van der Waals surface area (Å²) in [4.78, 5) is 23.4. The van der Waals surface area contributed by atoms with Gasteiger partial charge in [-0.2, -0.15) is 0 Å². The van der Waals surface area contributed by atoms with E-state index >= 15 is 0 Å². The standard InChI is InChI=1S/C17H16BrNO4/c1-11(20)22-16-5-3-2-4-15(16)17(21)23-14-7-6-12(9-18)13(8-14)10-19/h2-8H,9-10,19H2,1H3. The van der Waals surface area contributed by atoms with E-state index in [0.29, 0.717) is 17.6 Å². The van der Waals surface area contributed by atoms with Crippen molar-refractivity contribution in [2.24, 2.45) is 5.73 Å². The first kappa shape index (κ1) is 17.2. The molecular weight excluding hydrogens is 362 g/mol. The van der Waals surface area contributed by atoms with Gasteiger partial charge in [0.25, 0.3) is 0 Å². The number of benzene rings is 2. The maximum absolute atomic E-state index is 12.3. The molecule has 0 unspecified atom stereocenters. The zero-order chi connectivity index (χ0) is 16.8. The molecule has 0 atom stereocenters. The van der Waals surface area contributed by atoms with Crippen molar-refractivity contribution in [2.75, 3.05) is 0 Å². The molecule has 2 N–H and O–H groups in total. The fourth-order valence-corrected chi connectivity index (χ4v) is 2.57. The van der Waals surface area contributed by atoms with Crippen molar-refractivity contribution in [1.82, 2.24) is 0 Å². The number of nitrogens with two attached hydrogens (primary N) is 1.